The summed E-state index contributed by atoms with van der Waals surface area (Å²) >= 11 is 0. The number of hydrogen-bond donors (Lipinski definition) is 0. The first kappa shape index (κ1) is 55.1. The van der Waals surface area contributed by atoms with E-state index in [0.29, 0.717) is 0 Å². The highest BCUT2D eigenvalue weighted by molar-refractivity contribution is 6.90. The first-order chi connectivity index (χ1) is 40.2. The third-order valence-corrected chi connectivity index (χ3v) is 25.7. The molecule has 0 bridgehead atoms. The summed E-state index contributed by atoms with van der Waals surface area (Å²) in [5.74, 6) is 0. The lowest BCUT2D eigenvalue weighted by molar-refractivity contribution is 1.14. The van der Waals surface area contributed by atoms with Crippen molar-refractivity contribution in [1.29, 1.82) is 0 Å². The van der Waals surface area contributed by atoms with Gasteiger partial charge in [-0.1, -0.05) is 306 Å². The van der Waals surface area contributed by atoms with Gasteiger partial charge >= 0.3 is 0 Å². The summed E-state index contributed by atoms with van der Waals surface area (Å²) in [5.41, 5.74) is 19.6. The summed E-state index contributed by atoms with van der Waals surface area (Å²) in [6.45, 7) is 29.5. The van der Waals surface area contributed by atoms with Gasteiger partial charge in [0.15, 0.2) is 0 Å². The molecule has 84 heavy (non-hydrogen) atoms. The number of aromatic nitrogens is 2. The zero-order valence-electron chi connectivity index (χ0n) is 51.0. The fourth-order valence-corrected chi connectivity index (χ4v) is 17.7. The van der Waals surface area contributed by atoms with Gasteiger partial charge in [0.25, 0.3) is 0 Å². The molecule has 11 aromatic carbocycles. The van der Waals surface area contributed by atoms with E-state index >= 15 is 0 Å². The van der Waals surface area contributed by atoms with Gasteiger partial charge in [0.2, 0.25) is 0 Å². The van der Waals surface area contributed by atoms with E-state index in [1.165, 1.54) is 131 Å². The highest BCUT2D eigenvalue weighted by atomic mass is 28.3. The van der Waals surface area contributed by atoms with Crippen LogP contribution in [0.3, 0.4) is 0 Å². The van der Waals surface area contributed by atoms with E-state index in [1.54, 1.807) is 0 Å². The van der Waals surface area contributed by atoms with Crippen LogP contribution in [0.15, 0.2) is 243 Å². The Kier molecular flexibility index (Phi) is 13.7. The van der Waals surface area contributed by atoms with Crippen molar-refractivity contribution in [2.75, 3.05) is 0 Å². The van der Waals surface area contributed by atoms with Crippen molar-refractivity contribution < 1.29 is 0 Å². The molecule has 0 saturated heterocycles. The maximum Gasteiger partial charge on any atom is 0.0776 e. The minimum atomic E-state index is -1.70. The zero-order chi connectivity index (χ0) is 58.5. The van der Waals surface area contributed by atoms with Crippen LogP contribution in [0.4, 0.5) is 0 Å². The molecular weight excluding hydrogens is 1080 g/mol. The Morgan fingerprint density at radius 2 is 0.512 bits per heavy atom. The van der Waals surface area contributed by atoms with Gasteiger partial charge in [-0.3, -0.25) is 0 Å². The molecule has 0 N–H and O–H groups in total. The summed E-state index contributed by atoms with van der Waals surface area (Å²) < 4.78 is 5.18. The monoisotopic (exact) mass is 1150 g/mol. The Bertz CT molecular complexity index is 4390. The molecule has 0 amide bonds. The molecule has 0 unspecified atom stereocenters. The summed E-state index contributed by atoms with van der Waals surface area (Å²) in [6.07, 6.45) is 0. The van der Waals surface area contributed by atoms with Gasteiger partial charge in [0.05, 0.1) is 54.7 Å². The summed E-state index contributed by atoms with van der Waals surface area (Å²) in [4.78, 5) is 0. The predicted octanol–water partition coefficient (Wildman–Crippen LogP) is 20.1. The highest BCUT2D eigenvalue weighted by Gasteiger charge is 2.29. The van der Waals surface area contributed by atoms with Crippen molar-refractivity contribution in [2.45, 2.75) is 78.6 Å². The van der Waals surface area contributed by atoms with E-state index in [0.717, 1.165) is 11.4 Å². The van der Waals surface area contributed by atoms with Crippen LogP contribution in [0.25, 0.3) is 122 Å². The fourth-order valence-electron chi connectivity index (χ4n) is 13.0. The van der Waals surface area contributed by atoms with Crippen molar-refractivity contribution in [2.24, 2.45) is 0 Å². The lowest BCUT2D eigenvalue weighted by Crippen LogP contribution is -2.37. The number of nitrogens with zero attached hydrogens (tertiary/aromatic N) is 2. The molecule has 6 heteroatoms. The third-order valence-electron chi connectivity index (χ3n) is 17.5. The van der Waals surface area contributed by atoms with Crippen LogP contribution in [0.2, 0.25) is 78.6 Å². The predicted molar refractivity (Wildman–Crippen MR) is 380 cm³/mol. The molecule has 414 valence electrons. The van der Waals surface area contributed by atoms with Crippen molar-refractivity contribution in [3.63, 3.8) is 0 Å². The van der Waals surface area contributed by atoms with Crippen LogP contribution >= 0.6 is 0 Å². The van der Waals surface area contributed by atoms with E-state index in [4.69, 9.17) is 0 Å². The largest absolute Gasteiger partial charge is 0.309 e. The second-order valence-corrected chi connectivity index (χ2v) is 47.7. The van der Waals surface area contributed by atoms with Gasteiger partial charge in [-0.25, -0.2) is 0 Å². The van der Waals surface area contributed by atoms with Crippen LogP contribution in [0, 0.1) is 0 Å². The molecule has 13 rings (SSSR count). The van der Waals surface area contributed by atoms with Gasteiger partial charge in [-0.05, 0) is 102 Å². The fraction of sp³-hybridized carbons (Fsp3) is 0.154. The average Bonchev–Trinajstić information content (AvgIpc) is 2.69. The molecule has 2 nitrogen and oxygen atoms in total. The molecule has 0 atom stereocenters. The quantitative estimate of drug-likeness (QED) is 0.0852. The van der Waals surface area contributed by atoms with Crippen LogP contribution in [-0.2, 0) is 0 Å². The highest BCUT2D eigenvalue weighted by Crippen LogP contribution is 2.49. The number of para-hydroxylation sites is 2. The molecule has 2 heterocycles. The Morgan fingerprint density at radius 1 is 0.214 bits per heavy atom. The molecule has 2 aromatic heterocycles. The van der Waals surface area contributed by atoms with Crippen LogP contribution in [0.5, 0.6) is 0 Å². The Morgan fingerprint density at radius 3 is 0.857 bits per heavy atom. The molecule has 13 aromatic rings. The number of hydrogen-bond acceptors (Lipinski definition) is 0. The zero-order valence-corrected chi connectivity index (χ0v) is 55.0. The smallest absolute Gasteiger partial charge is 0.0776 e. The number of benzene rings is 11. The maximum absolute atomic E-state index is 2.59. The van der Waals surface area contributed by atoms with Crippen molar-refractivity contribution in [1.82, 2.24) is 9.13 Å². The minimum absolute atomic E-state index is 1.14. The van der Waals surface area contributed by atoms with Gasteiger partial charge in [0, 0.05) is 33.3 Å². The summed E-state index contributed by atoms with van der Waals surface area (Å²) in [5, 5.41) is 13.2. The molecular formula is C78H76N2Si4. The third kappa shape index (κ3) is 9.82. The van der Waals surface area contributed by atoms with E-state index in [-0.39, 0.29) is 0 Å². The maximum atomic E-state index is 2.59. The van der Waals surface area contributed by atoms with Crippen molar-refractivity contribution in [3.05, 3.63) is 243 Å². The molecule has 0 aliphatic rings. The number of fused-ring (bicyclic) bond motifs is 4. The summed E-state index contributed by atoms with van der Waals surface area (Å²) in [7, 11) is -6.73. The number of rotatable bonds is 12. The standard InChI is InChI=1S/C78H76N2Si4/c1-81(2,3)61-35-23-31-55(47-61)75-67-39-19-21-41-71(67)79(77(75)57-33-25-37-63(49-57)83(7,8)9)59-43-45-65-69(51-59)73(53-27-15-13-16-28-53)66-46-44-60(52-70(66)74(65)54-29-17-14-18-30-54)80-72-42-22-20-40-68(72)76(56-32-24-36-62(48-56)82(4,5)6)78(80)58-34-26-38-64(50-58)84(10,11)12/h13-52H,1-12H3. The molecule has 0 aliphatic carbocycles. The van der Waals surface area contributed by atoms with Crippen LogP contribution in [-0.4, -0.2) is 41.4 Å². The minimum Gasteiger partial charge on any atom is -0.309 e. The lowest BCUT2D eigenvalue weighted by atomic mass is 9.85. The van der Waals surface area contributed by atoms with E-state index in [2.05, 4.69) is 330 Å². The molecule has 0 radical (unpaired) electrons. The Labute approximate surface area is 501 Å². The normalized spacial score (nSPS) is 12.5. The van der Waals surface area contributed by atoms with E-state index in [9.17, 15) is 0 Å². The molecule has 0 aliphatic heterocycles. The van der Waals surface area contributed by atoms with E-state index in [1.807, 2.05) is 0 Å². The van der Waals surface area contributed by atoms with Gasteiger partial charge < -0.3 is 9.13 Å². The van der Waals surface area contributed by atoms with Crippen molar-refractivity contribution in [3.8, 4) is 78.4 Å². The molecule has 0 saturated carbocycles. The second-order valence-electron chi connectivity index (χ2n) is 27.4. The SMILES string of the molecule is C[Si](C)(C)c1cccc(-c2c(-c3cccc([Si](C)(C)C)c3)n(-c3ccc4c(-c5ccccc5)c5cc(-n6c(-c7cccc([Si](C)(C)C)c7)c(-c7cccc([Si](C)(C)C)c7)c7ccccc76)ccc5c(-c5ccccc5)c4c3)c3ccccc23)c1. The van der Waals surface area contributed by atoms with Crippen LogP contribution < -0.4 is 20.7 Å². The molecule has 0 fully saturated rings. The molecule has 0 spiro atoms. The van der Waals surface area contributed by atoms with Gasteiger partial charge in [-0.15, -0.1) is 0 Å². The topological polar surface area (TPSA) is 9.86 Å². The van der Waals surface area contributed by atoms with Crippen molar-refractivity contribution >= 4 is 96.4 Å². The first-order valence-electron chi connectivity index (χ1n) is 30.1. The van der Waals surface area contributed by atoms with Crippen LogP contribution in [0.1, 0.15) is 0 Å². The van der Waals surface area contributed by atoms with Gasteiger partial charge in [0.1, 0.15) is 0 Å². The second kappa shape index (κ2) is 20.9. The Hall–Kier alpha value is -8.11. The Balaban J connectivity index is 1.14. The average molecular weight is 1150 g/mol. The first-order valence-corrected chi connectivity index (χ1v) is 44.1. The van der Waals surface area contributed by atoms with Gasteiger partial charge in [-0.2, -0.15) is 0 Å². The summed E-state index contributed by atoms with van der Waals surface area (Å²) in [6, 6.07) is 93.3. The van der Waals surface area contributed by atoms with E-state index < -0.39 is 32.3 Å². The lowest BCUT2D eigenvalue weighted by Gasteiger charge is -2.22.